The third-order valence-corrected chi connectivity index (χ3v) is 4.43. The molecule has 1 N–H and O–H groups in total. The Bertz CT molecular complexity index is 1130. The van der Waals surface area contributed by atoms with E-state index in [1.165, 1.54) is 11.3 Å². The van der Waals surface area contributed by atoms with Crippen molar-refractivity contribution < 1.29 is 14.4 Å². The molecule has 0 aliphatic carbocycles. The van der Waals surface area contributed by atoms with Crippen LogP contribution >= 0.6 is 11.3 Å². The highest BCUT2D eigenvalue weighted by Gasteiger charge is 2.17. The van der Waals surface area contributed by atoms with E-state index in [9.17, 15) is 14.7 Å². The molecule has 1 aromatic carbocycles. The molecular formula is C16H10N4O4S. The Kier molecular flexibility index (Phi) is 3.62. The summed E-state index contributed by atoms with van der Waals surface area (Å²) in [4.78, 5) is 29.1. The first-order valence-electron chi connectivity index (χ1n) is 7.23. The summed E-state index contributed by atoms with van der Waals surface area (Å²) in [5, 5.41) is 19.6. The number of hydrogen-bond donors (Lipinski definition) is 1. The minimum absolute atomic E-state index is 0.109. The standard InChI is InChI=1S/C16H10N4O4S/c21-15-10-5-2-1-4-9(10)13(16(22)23)18-20(15)8-12-17-14(19-24-12)11-6-3-7-25-11/h1-7H,8H2,(H,22,23). The maximum atomic E-state index is 12.6. The SMILES string of the molecule is O=C(O)c1nn(Cc2nc(-c3cccs3)no2)c(=O)c2ccccc12. The highest BCUT2D eigenvalue weighted by molar-refractivity contribution is 7.13. The smallest absolute Gasteiger partial charge is 0.357 e. The van der Waals surface area contributed by atoms with E-state index in [0.29, 0.717) is 11.2 Å². The van der Waals surface area contributed by atoms with Gasteiger partial charge in [-0.1, -0.05) is 29.4 Å². The normalized spacial score (nSPS) is 11.0. The minimum atomic E-state index is -1.21. The van der Waals surface area contributed by atoms with Crippen molar-refractivity contribution in [1.82, 2.24) is 19.9 Å². The van der Waals surface area contributed by atoms with Crippen LogP contribution in [0.1, 0.15) is 16.4 Å². The molecule has 3 heterocycles. The van der Waals surface area contributed by atoms with Crippen molar-refractivity contribution in [2.24, 2.45) is 0 Å². The van der Waals surface area contributed by atoms with E-state index in [0.717, 1.165) is 9.56 Å². The summed E-state index contributed by atoms with van der Waals surface area (Å²) >= 11 is 1.46. The van der Waals surface area contributed by atoms with E-state index in [1.54, 1.807) is 24.3 Å². The van der Waals surface area contributed by atoms with Crippen LogP contribution in [0.4, 0.5) is 0 Å². The predicted octanol–water partition coefficient (Wildman–Crippen LogP) is 2.25. The third-order valence-electron chi connectivity index (χ3n) is 3.56. The molecule has 3 aromatic heterocycles. The van der Waals surface area contributed by atoms with Gasteiger partial charge in [0.2, 0.25) is 11.7 Å². The second-order valence-corrected chi connectivity index (χ2v) is 6.10. The van der Waals surface area contributed by atoms with Crippen molar-refractivity contribution in [3.8, 4) is 10.7 Å². The van der Waals surface area contributed by atoms with Crippen LogP contribution in [0.3, 0.4) is 0 Å². The van der Waals surface area contributed by atoms with Crippen molar-refractivity contribution >= 4 is 28.1 Å². The van der Waals surface area contributed by atoms with Crippen LogP contribution in [0.5, 0.6) is 0 Å². The Morgan fingerprint density at radius 2 is 2.00 bits per heavy atom. The van der Waals surface area contributed by atoms with Crippen LogP contribution in [-0.4, -0.2) is 31.0 Å². The molecule has 8 nitrogen and oxygen atoms in total. The second kappa shape index (κ2) is 5.95. The number of carbonyl (C=O) groups is 1. The number of nitrogens with zero attached hydrogens (tertiary/aromatic N) is 4. The first-order chi connectivity index (χ1) is 12.1. The fourth-order valence-electron chi connectivity index (χ4n) is 2.45. The summed E-state index contributed by atoms with van der Waals surface area (Å²) in [6.07, 6.45) is 0. The molecule has 0 bridgehead atoms. The van der Waals surface area contributed by atoms with Gasteiger partial charge in [0.05, 0.1) is 10.3 Å². The molecule has 9 heteroatoms. The second-order valence-electron chi connectivity index (χ2n) is 5.15. The molecule has 0 aliphatic heterocycles. The number of rotatable bonds is 4. The zero-order valence-corrected chi connectivity index (χ0v) is 13.4. The monoisotopic (exact) mass is 354 g/mol. The van der Waals surface area contributed by atoms with Crippen LogP contribution in [-0.2, 0) is 6.54 Å². The van der Waals surface area contributed by atoms with Crippen molar-refractivity contribution in [2.45, 2.75) is 6.54 Å². The van der Waals surface area contributed by atoms with Gasteiger partial charge in [0.15, 0.2) is 5.69 Å². The van der Waals surface area contributed by atoms with Gasteiger partial charge < -0.3 is 9.63 Å². The van der Waals surface area contributed by atoms with E-state index < -0.39 is 11.5 Å². The van der Waals surface area contributed by atoms with E-state index in [4.69, 9.17) is 4.52 Å². The number of benzene rings is 1. The van der Waals surface area contributed by atoms with Gasteiger partial charge in [0, 0.05) is 5.39 Å². The van der Waals surface area contributed by atoms with Gasteiger partial charge in [-0.05, 0) is 17.5 Å². The number of hydrogen-bond acceptors (Lipinski definition) is 7. The Labute approximate surface area is 144 Å². The zero-order valence-electron chi connectivity index (χ0n) is 12.6. The lowest BCUT2D eigenvalue weighted by atomic mass is 10.1. The molecule has 0 unspecified atom stereocenters. The lowest BCUT2D eigenvalue weighted by Gasteiger charge is -2.06. The predicted molar refractivity (Wildman–Crippen MR) is 89.7 cm³/mol. The molecular weight excluding hydrogens is 344 g/mol. The van der Waals surface area contributed by atoms with Gasteiger partial charge in [-0.3, -0.25) is 4.79 Å². The van der Waals surface area contributed by atoms with Crippen LogP contribution < -0.4 is 5.56 Å². The first-order valence-corrected chi connectivity index (χ1v) is 8.11. The van der Waals surface area contributed by atoms with Gasteiger partial charge in [-0.25, -0.2) is 9.48 Å². The topological polar surface area (TPSA) is 111 Å². The summed E-state index contributed by atoms with van der Waals surface area (Å²) in [5.74, 6) is -0.628. The number of thiophene rings is 1. The Morgan fingerprint density at radius 3 is 2.72 bits per heavy atom. The molecule has 0 atom stereocenters. The summed E-state index contributed by atoms with van der Waals surface area (Å²) in [6.45, 7) is -0.109. The number of aromatic carboxylic acids is 1. The summed E-state index contributed by atoms with van der Waals surface area (Å²) in [7, 11) is 0. The molecule has 0 fully saturated rings. The molecule has 0 saturated heterocycles. The molecule has 25 heavy (non-hydrogen) atoms. The van der Waals surface area contributed by atoms with Crippen molar-refractivity contribution in [2.75, 3.05) is 0 Å². The molecule has 4 aromatic rings. The number of carboxylic acid groups (broad SMARTS) is 1. The van der Waals surface area contributed by atoms with Crippen LogP contribution in [0.25, 0.3) is 21.5 Å². The van der Waals surface area contributed by atoms with Gasteiger partial charge in [-0.2, -0.15) is 10.1 Å². The van der Waals surface area contributed by atoms with Crippen LogP contribution in [0.2, 0.25) is 0 Å². The highest BCUT2D eigenvalue weighted by Crippen LogP contribution is 2.21. The Balaban J connectivity index is 1.78. The molecule has 0 saturated carbocycles. The van der Waals surface area contributed by atoms with Crippen molar-refractivity contribution in [1.29, 1.82) is 0 Å². The van der Waals surface area contributed by atoms with Crippen LogP contribution in [0.15, 0.2) is 51.1 Å². The number of carboxylic acids is 1. The van der Waals surface area contributed by atoms with E-state index in [1.807, 2.05) is 17.5 Å². The maximum absolute atomic E-state index is 12.6. The number of aromatic nitrogens is 4. The number of fused-ring (bicyclic) bond motifs is 1. The molecule has 124 valence electrons. The zero-order chi connectivity index (χ0) is 17.4. The Morgan fingerprint density at radius 1 is 1.20 bits per heavy atom. The summed E-state index contributed by atoms with van der Waals surface area (Å²) in [5.41, 5.74) is -0.621. The average molecular weight is 354 g/mol. The Hall–Kier alpha value is -3.33. The summed E-state index contributed by atoms with van der Waals surface area (Å²) < 4.78 is 6.18. The molecule has 0 radical (unpaired) electrons. The third kappa shape index (κ3) is 2.70. The molecule has 0 amide bonds. The van der Waals surface area contributed by atoms with Gasteiger partial charge >= 0.3 is 5.97 Å². The van der Waals surface area contributed by atoms with Crippen molar-refractivity contribution in [3.63, 3.8) is 0 Å². The van der Waals surface area contributed by atoms with E-state index in [-0.39, 0.29) is 23.5 Å². The fourth-order valence-corrected chi connectivity index (χ4v) is 3.10. The lowest BCUT2D eigenvalue weighted by Crippen LogP contribution is -2.26. The van der Waals surface area contributed by atoms with Gasteiger partial charge in [0.1, 0.15) is 6.54 Å². The first kappa shape index (κ1) is 15.2. The van der Waals surface area contributed by atoms with Gasteiger partial charge in [0.25, 0.3) is 5.56 Å². The fraction of sp³-hybridized carbons (Fsp3) is 0.0625. The maximum Gasteiger partial charge on any atom is 0.357 e. The molecule has 0 spiro atoms. The van der Waals surface area contributed by atoms with Crippen LogP contribution in [0, 0.1) is 0 Å². The highest BCUT2D eigenvalue weighted by atomic mass is 32.1. The lowest BCUT2D eigenvalue weighted by molar-refractivity contribution is 0.0690. The minimum Gasteiger partial charge on any atom is -0.476 e. The molecule has 4 rings (SSSR count). The summed E-state index contributed by atoms with van der Waals surface area (Å²) in [6, 6.07) is 10.2. The van der Waals surface area contributed by atoms with Crippen molar-refractivity contribution in [3.05, 3.63) is 63.7 Å². The van der Waals surface area contributed by atoms with E-state index >= 15 is 0 Å². The van der Waals surface area contributed by atoms with E-state index in [2.05, 4.69) is 15.2 Å². The largest absolute Gasteiger partial charge is 0.476 e. The molecule has 0 aliphatic rings. The van der Waals surface area contributed by atoms with Gasteiger partial charge in [-0.15, -0.1) is 11.3 Å². The quantitative estimate of drug-likeness (QED) is 0.598. The average Bonchev–Trinajstić information content (AvgIpc) is 3.28.